The van der Waals surface area contributed by atoms with Crippen LogP contribution < -0.4 is 15.4 Å². The molecule has 1 aromatic carbocycles. The first-order valence-electron chi connectivity index (χ1n) is 6.48. The van der Waals surface area contributed by atoms with Crippen LogP contribution in [0.2, 0.25) is 5.02 Å². The highest BCUT2D eigenvalue weighted by Gasteiger charge is 2.24. The minimum absolute atomic E-state index is 0.441. The zero-order chi connectivity index (χ0) is 16.7. The zero-order valence-corrected chi connectivity index (χ0v) is 13.1. The first kappa shape index (κ1) is 17.8. The molecule has 0 bridgehead atoms. The van der Waals surface area contributed by atoms with Crippen LogP contribution in [0.4, 0.5) is 4.79 Å². The van der Waals surface area contributed by atoms with E-state index in [-0.39, 0.29) is 0 Å². The summed E-state index contributed by atoms with van der Waals surface area (Å²) in [6, 6.07) is 5.77. The van der Waals surface area contributed by atoms with E-state index in [0.717, 1.165) is 0 Å². The van der Waals surface area contributed by atoms with E-state index < -0.39 is 30.1 Å². The number of hydrogen-bond donors (Lipinski definition) is 2. The van der Waals surface area contributed by atoms with E-state index in [1.165, 1.54) is 20.9 Å². The fraction of sp³-hybridized carbons (Fsp3) is 0.357. The first-order valence-corrected chi connectivity index (χ1v) is 6.86. The number of carbonyl (C=O) groups is 3. The minimum Gasteiger partial charge on any atom is -0.479 e. The Labute approximate surface area is 132 Å². The van der Waals surface area contributed by atoms with Crippen LogP contribution in [0.15, 0.2) is 24.3 Å². The lowest BCUT2D eigenvalue weighted by Gasteiger charge is -2.17. The summed E-state index contributed by atoms with van der Waals surface area (Å²) < 4.78 is 10.3. The molecule has 0 aliphatic carbocycles. The minimum atomic E-state index is -1.12. The van der Waals surface area contributed by atoms with Crippen LogP contribution in [0, 0.1) is 0 Å². The van der Waals surface area contributed by atoms with Crippen LogP contribution >= 0.6 is 11.6 Å². The molecule has 2 N–H and O–H groups in total. The van der Waals surface area contributed by atoms with Crippen LogP contribution in [0.25, 0.3) is 0 Å². The van der Waals surface area contributed by atoms with E-state index >= 15 is 0 Å². The number of ether oxygens (including phenoxy) is 2. The van der Waals surface area contributed by atoms with Gasteiger partial charge >= 0.3 is 12.0 Å². The standard InChI is InChI=1S/C14H17ClN2O5/c1-8(12(18)17-14(20)16-3)22-13(19)9(2)21-11-6-4-10(15)5-7-11/h4-9H,1-3H3,(H2,16,17,18,20)/t8-,9-/m1/s1. The summed E-state index contributed by atoms with van der Waals surface area (Å²) in [5.74, 6) is -1.02. The van der Waals surface area contributed by atoms with Gasteiger partial charge in [-0.3, -0.25) is 10.1 Å². The monoisotopic (exact) mass is 328 g/mol. The van der Waals surface area contributed by atoms with Crippen molar-refractivity contribution in [3.8, 4) is 5.75 Å². The summed E-state index contributed by atoms with van der Waals surface area (Å²) in [6.07, 6.45) is -2.04. The van der Waals surface area contributed by atoms with Crippen molar-refractivity contribution < 1.29 is 23.9 Å². The quantitative estimate of drug-likeness (QED) is 0.799. The Morgan fingerprint density at radius 3 is 2.23 bits per heavy atom. The van der Waals surface area contributed by atoms with Crippen LogP contribution in [0.1, 0.15) is 13.8 Å². The van der Waals surface area contributed by atoms with Crippen molar-refractivity contribution in [1.29, 1.82) is 0 Å². The molecular weight excluding hydrogens is 312 g/mol. The molecule has 0 aliphatic rings. The van der Waals surface area contributed by atoms with Gasteiger partial charge in [0.25, 0.3) is 5.91 Å². The summed E-state index contributed by atoms with van der Waals surface area (Å²) >= 11 is 5.74. The van der Waals surface area contributed by atoms with Gasteiger partial charge in [-0.1, -0.05) is 11.6 Å². The maximum Gasteiger partial charge on any atom is 0.347 e. The smallest absolute Gasteiger partial charge is 0.347 e. The van der Waals surface area contributed by atoms with Gasteiger partial charge in [0.2, 0.25) is 0 Å². The third kappa shape index (κ3) is 5.61. The number of esters is 1. The number of amides is 3. The molecule has 22 heavy (non-hydrogen) atoms. The molecular formula is C14H17ClN2O5. The van der Waals surface area contributed by atoms with Crippen LogP contribution in [0.5, 0.6) is 5.75 Å². The Morgan fingerprint density at radius 1 is 1.09 bits per heavy atom. The van der Waals surface area contributed by atoms with Gasteiger partial charge in [0.05, 0.1) is 0 Å². The molecule has 0 saturated heterocycles. The SMILES string of the molecule is CNC(=O)NC(=O)[C@@H](C)OC(=O)[C@@H](C)Oc1ccc(Cl)cc1. The molecule has 7 nitrogen and oxygen atoms in total. The van der Waals surface area contributed by atoms with Crippen LogP contribution in [-0.4, -0.2) is 37.2 Å². The molecule has 0 unspecified atom stereocenters. The van der Waals surface area contributed by atoms with Gasteiger partial charge in [-0.2, -0.15) is 0 Å². The predicted molar refractivity (Wildman–Crippen MR) is 79.7 cm³/mol. The molecule has 3 amide bonds. The third-order valence-electron chi connectivity index (χ3n) is 2.58. The van der Waals surface area contributed by atoms with Crippen molar-refractivity contribution in [2.75, 3.05) is 7.05 Å². The highest BCUT2D eigenvalue weighted by atomic mass is 35.5. The van der Waals surface area contributed by atoms with Crippen molar-refractivity contribution in [3.63, 3.8) is 0 Å². The number of rotatable bonds is 5. The number of benzene rings is 1. The lowest BCUT2D eigenvalue weighted by Crippen LogP contribution is -2.44. The Hall–Kier alpha value is -2.28. The maximum atomic E-state index is 11.8. The molecule has 1 aromatic rings. The van der Waals surface area contributed by atoms with Gasteiger partial charge in [-0.05, 0) is 38.1 Å². The fourth-order valence-electron chi connectivity index (χ4n) is 1.36. The summed E-state index contributed by atoms with van der Waals surface area (Å²) in [4.78, 5) is 34.4. The second-order valence-electron chi connectivity index (χ2n) is 4.36. The Kier molecular flexibility index (Phi) is 6.65. The topological polar surface area (TPSA) is 93.7 Å². The highest BCUT2D eigenvalue weighted by molar-refractivity contribution is 6.30. The number of halogens is 1. The molecule has 0 heterocycles. The van der Waals surface area contributed by atoms with E-state index in [1.54, 1.807) is 24.3 Å². The second kappa shape index (κ2) is 8.23. The van der Waals surface area contributed by atoms with Gasteiger partial charge in [-0.25, -0.2) is 9.59 Å². The second-order valence-corrected chi connectivity index (χ2v) is 4.80. The van der Waals surface area contributed by atoms with Crippen molar-refractivity contribution in [1.82, 2.24) is 10.6 Å². The molecule has 0 radical (unpaired) electrons. The number of hydrogen-bond acceptors (Lipinski definition) is 5. The normalized spacial score (nSPS) is 12.7. The Morgan fingerprint density at radius 2 is 1.68 bits per heavy atom. The molecule has 8 heteroatoms. The van der Waals surface area contributed by atoms with Crippen molar-refractivity contribution in [2.45, 2.75) is 26.1 Å². The summed E-state index contributed by atoms with van der Waals surface area (Å²) in [6.45, 7) is 2.84. The number of urea groups is 1. The van der Waals surface area contributed by atoms with Crippen molar-refractivity contribution in [3.05, 3.63) is 29.3 Å². The highest BCUT2D eigenvalue weighted by Crippen LogP contribution is 2.17. The van der Waals surface area contributed by atoms with E-state index in [4.69, 9.17) is 21.1 Å². The molecule has 1 rings (SSSR count). The predicted octanol–water partition coefficient (Wildman–Crippen LogP) is 1.49. The molecule has 2 atom stereocenters. The average molecular weight is 329 g/mol. The average Bonchev–Trinajstić information content (AvgIpc) is 2.49. The lowest BCUT2D eigenvalue weighted by atomic mass is 10.3. The van der Waals surface area contributed by atoms with Gasteiger partial charge < -0.3 is 14.8 Å². The van der Waals surface area contributed by atoms with Gasteiger partial charge in [-0.15, -0.1) is 0 Å². The van der Waals surface area contributed by atoms with Crippen LogP contribution in [-0.2, 0) is 14.3 Å². The zero-order valence-electron chi connectivity index (χ0n) is 12.4. The molecule has 120 valence electrons. The lowest BCUT2D eigenvalue weighted by molar-refractivity contribution is -0.160. The van der Waals surface area contributed by atoms with Crippen molar-refractivity contribution in [2.24, 2.45) is 0 Å². The van der Waals surface area contributed by atoms with E-state index in [9.17, 15) is 14.4 Å². The molecule has 0 aliphatic heterocycles. The Balaban J connectivity index is 2.51. The molecule has 0 saturated carbocycles. The first-order chi connectivity index (χ1) is 10.3. The number of carbonyl (C=O) groups excluding carboxylic acids is 3. The molecule has 0 spiro atoms. The van der Waals surface area contributed by atoms with Crippen LogP contribution in [0.3, 0.4) is 0 Å². The third-order valence-corrected chi connectivity index (χ3v) is 2.84. The molecule has 0 fully saturated rings. The largest absolute Gasteiger partial charge is 0.479 e. The summed E-state index contributed by atoms with van der Waals surface area (Å²) in [5, 5.41) is 4.77. The number of nitrogens with one attached hydrogen (secondary N) is 2. The van der Waals surface area contributed by atoms with Gasteiger partial charge in [0.15, 0.2) is 12.2 Å². The van der Waals surface area contributed by atoms with E-state index in [1.807, 2.05) is 5.32 Å². The Bertz CT molecular complexity index is 547. The number of imide groups is 1. The molecule has 0 aromatic heterocycles. The van der Waals surface area contributed by atoms with E-state index in [0.29, 0.717) is 10.8 Å². The van der Waals surface area contributed by atoms with Gasteiger partial charge in [0.1, 0.15) is 5.75 Å². The van der Waals surface area contributed by atoms with Gasteiger partial charge in [0, 0.05) is 12.1 Å². The fourth-order valence-corrected chi connectivity index (χ4v) is 1.49. The maximum absolute atomic E-state index is 11.8. The van der Waals surface area contributed by atoms with Crippen molar-refractivity contribution >= 4 is 29.5 Å². The van der Waals surface area contributed by atoms with E-state index in [2.05, 4.69) is 5.32 Å². The summed E-state index contributed by atoms with van der Waals surface area (Å²) in [7, 11) is 1.36. The summed E-state index contributed by atoms with van der Waals surface area (Å²) in [5.41, 5.74) is 0.